The third-order valence-electron chi connectivity index (χ3n) is 2.70. The molecule has 94 valence electrons. The van der Waals surface area contributed by atoms with Crippen LogP contribution in [0.3, 0.4) is 0 Å². The van der Waals surface area contributed by atoms with Crippen molar-refractivity contribution in [3.63, 3.8) is 0 Å². The summed E-state index contributed by atoms with van der Waals surface area (Å²) in [6, 6.07) is 4.35. The standard InChI is InChI=1S/C12H14Br2FNO/c1-12(2,7-13)16(3)11(17)9-6-8(14)4-5-10(9)15/h4-6H,7H2,1-3H3. The van der Waals surface area contributed by atoms with Crippen molar-refractivity contribution in [1.82, 2.24) is 4.90 Å². The number of nitrogens with zero attached hydrogens (tertiary/aromatic N) is 1. The van der Waals surface area contributed by atoms with Crippen molar-refractivity contribution in [2.24, 2.45) is 0 Å². The second kappa shape index (κ2) is 5.48. The van der Waals surface area contributed by atoms with Crippen molar-refractivity contribution < 1.29 is 9.18 Å². The zero-order valence-corrected chi connectivity index (χ0v) is 13.1. The summed E-state index contributed by atoms with van der Waals surface area (Å²) in [5.41, 5.74) is -0.290. The van der Waals surface area contributed by atoms with E-state index in [1.54, 1.807) is 13.1 Å². The van der Waals surface area contributed by atoms with Crippen molar-refractivity contribution in [2.45, 2.75) is 19.4 Å². The van der Waals surface area contributed by atoms with E-state index < -0.39 is 5.82 Å². The predicted molar refractivity (Wildman–Crippen MR) is 74.1 cm³/mol. The van der Waals surface area contributed by atoms with Crippen LogP contribution in [0, 0.1) is 5.82 Å². The van der Waals surface area contributed by atoms with Crippen LogP contribution in [0.15, 0.2) is 22.7 Å². The monoisotopic (exact) mass is 365 g/mol. The third-order valence-corrected chi connectivity index (χ3v) is 4.56. The number of alkyl halides is 1. The zero-order valence-electron chi connectivity index (χ0n) is 9.93. The quantitative estimate of drug-likeness (QED) is 0.744. The van der Waals surface area contributed by atoms with Gasteiger partial charge in [-0.05, 0) is 32.0 Å². The van der Waals surface area contributed by atoms with Gasteiger partial charge in [0.05, 0.1) is 5.56 Å². The Morgan fingerprint density at radius 2 is 2.06 bits per heavy atom. The van der Waals surface area contributed by atoms with Crippen LogP contribution in [0.2, 0.25) is 0 Å². The van der Waals surface area contributed by atoms with E-state index in [0.717, 1.165) is 0 Å². The SMILES string of the molecule is CN(C(=O)c1cc(Br)ccc1F)C(C)(C)CBr. The highest BCUT2D eigenvalue weighted by Gasteiger charge is 2.28. The van der Waals surface area contributed by atoms with Crippen LogP contribution in [0.5, 0.6) is 0 Å². The topological polar surface area (TPSA) is 20.3 Å². The van der Waals surface area contributed by atoms with Gasteiger partial charge in [-0.15, -0.1) is 0 Å². The molecule has 0 aliphatic carbocycles. The van der Waals surface area contributed by atoms with Crippen LogP contribution in [-0.4, -0.2) is 28.7 Å². The van der Waals surface area contributed by atoms with E-state index in [9.17, 15) is 9.18 Å². The van der Waals surface area contributed by atoms with E-state index in [1.807, 2.05) is 13.8 Å². The Bertz CT molecular complexity index is 435. The van der Waals surface area contributed by atoms with Crippen LogP contribution >= 0.6 is 31.9 Å². The number of benzene rings is 1. The van der Waals surface area contributed by atoms with E-state index in [1.165, 1.54) is 17.0 Å². The van der Waals surface area contributed by atoms with Gasteiger partial charge in [-0.2, -0.15) is 0 Å². The summed E-state index contributed by atoms with van der Waals surface area (Å²) in [5.74, 6) is -0.830. The second-order valence-corrected chi connectivity index (χ2v) is 5.91. The largest absolute Gasteiger partial charge is 0.336 e. The number of carbonyl (C=O) groups is 1. The summed E-state index contributed by atoms with van der Waals surface area (Å²) in [5, 5.41) is 0.623. The Morgan fingerprint density at radius 1 is 1.47 bits per heavy atom. The van der Waals surface area contributed by atoms with E-state index in [0.29, 0.717) is 9.80 Å². The van der Waals surface area contributed by atoms with Gasteiger partial charge in [0.1, 0.15) is 5.82 Å². The average Bonchev–Trinajstić information content (AvgIpc) is 2.30. The first-order valence-electron chi connectivity index (χ1n) is 5.09. The van der Waals surface area contributed by atoms with Crippen LogP contribution in [0.4, 0.5) is 4.39 Å². The molecule has 0 unspecified atom stereocenters. The van der Waals surface area contributed by atoms with Crippen LogP contribution in [-0.2, 0) is 0 Å². The van der Waals surface area contributed by atoms with Gasteiger partial charge in [0.15, 0.2) is 0 Å². The molecule has 0 heterocycles. The number of hydrogen-bond donors (Lipinski definition) is 0. The fourth-order valence-corrected chi connectivity index (χ4v) is 1.94. The molecule has 0 spiro atoms. The summed E-state index contributed by atoms with van der Waals surface area (Å²) in [6.45, 7) is 3.82. The minimum absolute atomic E-state index is 0.0795. The molecule has 0 saturated carbocycles. The summed E-state index contributed by atoms with van der Waals surface area (Å²) in [7, 11) is 1.67. The molecular formula is C12H14Br2FNO. The normalized spacial score (nSPS) is 11.4. The van der Waals surface area contributed by atoms with E-state index in [4.69, 9.17) is 0 Å². The molecule has 1 aromatic rings. The molecule has 0 saturated heterocycles. The van der Waals surface area contributed by atoms with E-state index in [-0.39, 0.29) is 17.0 Å². The summed E-state index contributed by atoms with van der Waals surface area (Å²) in [6.07, 6.45) is 0. The van der Waals surface area contributed by atoms with Crippen molar-refractivity contribution in [3.8, 4) is 0 Å². The molecule has 0 N–H and O–H groups in total. The lowest BCUT2D eigenvalue weighted by atomic mass is 10.0. The number of rotatable bonds is 3. The summed E-state index contributed by atoms with van der Waals surface area (Å²) < 4.78 is 14.3. The van der Waals surface area contributed by atoms with Gasteiger partial charge in [0, 0.05) is 22.4 Å². The smallest absolute Gasteiger partial charge is 0.257 e. The Hall–Kier alpha value is -0.420. The molecule has 1 aromatic carbocycles. The van der Waals surface area contributed by atoms with Crippen LogP contribution in [0.1, 0.15) is 24.2 Å². The van der Waals surface area contributed by atoms with E-state index >= 15 is 0 Å². The molecule has 0 aliphatic heterocycles. The van der Waals surface area contributed by atoms with Crippen LogP contribution in [0.25, 0.3) is 0 Å². The molecule has 2 nitrogen and oxygen atoms in total. The number of hydrogen-bond acceptors (Lipinski definition) is 1. The van der Waals surface area contributed by atoms with Crippen LogP contribution < -0.4 is 0 Å². The van der Waals surface area contributed by atoms with Gasteiger partial charge in [0.25, 0.3) is 5.91 Å². The molecule has 0 fully saturated rings. The lowest BCUT2D eigenvalue weighted by Crippen LogP contribution is -2.46. The lowest BCUT2D eigenvalue weighted by molar-refractivity contribution is 0.0659. The molecule has 17 heavy (non-hydrogen) atoms. The summed E-state index contributed by atoms with van der Waals surface area (Å²) in [4.78, 5) is 13.7. The molecule has 0 aliphatic rings. The first-order chi connectivity index (χ1) is 7.79. The third kappa shape index (κ3) is 3.28. The maximum Gasteiger partial charge on any atom is 0.257 e. The van der Waals surface area contributed by atoms with Gasteiger partial charge in [-0.25, -0.2) is 4.39 Å². The number of halogens is 3. The van der Waals surface area contributed by atoms with Gasteiger partial charge >= 0.3 is 0 Å². The van der Waals surface area contributed by atoms with Crippen molar-refractivity contribution in [1.29, 1.82) is 0 Å². The Balaban J connectivity index is 3.08. The highest BCUT2D eigenvalue weighted by atomic mass is 79.9. The maximum absolute atomic E-state index is 13.6. The average molecular weight is 367 g/mol. The molecule has 0 radical (unpaired) electrons. The predicted octanol–water partition coefficient (Wildman–Crippen LogP) is 3.83. The minimum Gasteiger partial charge on any atom is -0.336 e. The second-order valence-electron chi connectivity index (χ2n) is 4.43. The Labute approximate surface area is 117 Å². The lowest BCUT2D eigenvalue weighted by Gasteiger charge is -2.34. The fourth-order valence-electron chi connectivity index (χ4n) is 1.21. The summed E-state index contributed by atoms with van der Waals surface area (Å²) >= 11 is 6.58. The first kappa shape index (κ1) is 14.6. The highest BCUT2D eigenvalue weighted by molar-refractivity contribution is 9.10. The van der Waals surface area contributed by atoms with Gasteiger partial charge in [-0.3, -0.25) is 4.79 Å². The molecule has 0 atom stereocenters. The van der Waals surface area contributed by atoms with Gasteiger partial charge in [0.2, 0.25) is 0 Å². The van der Waals surface area contributed by atoms with Crippen molar-refractivity contribution in [3.05, 3.63) is 34.1 Å². The minimum atomic E-state index is -0.504. The molecular weight excluding hydrogens is 353 g/mol. The molecule has 5 heteroatoms. The molecule has 0 aromatic heterocycles. The fraction of sp³-hybridized carbons (Fsp3) is 0.417. The van der Waals surface area contributed by atoms with Gasteiger partial charge < -0.3 is 4.90 Å². The zero-order chi connectivity index (χ0) is 13.2. The van der Waals surface area contributed by atoms with Gasteiger partial charge in [-0.1, -0.05) is 31.9 Å². The van der Waals surface area contributed by atoms with Crippen molar-refractivity contribution >= 4 is 37.8 Å². The van der Waals surface area contributed by atoms with E-state index in [2.05, 4.69) is 31.9 Å². The van der Waals surface area contributed by atoms with Crippen molar-refractivity contribution in [2.75, 3.05) is 12.4 Å². The first-order valence-corrected chi connectivity index (χ1v) is 7.00. The molecule has 1 amide bonds. The highest BCUT2D eigenvalue weighted by Crippen LogP contribution is 2.22. The molecule has 0 bridgehead atoms. The molecule has 1 rings (SSSR count). The number of carbonyl (C=O) groups excluding carboxylic acids is 1. The Morgan fingerprint density at radius 3 is 2.59 bits per heavy atom. The number of amides is 1. The Kier molecular flexibility index (Phi) is 4.72. The maximum atomic E-state index is 13.6.